The normalized spacial score (nSPS) is 25.6. The third kappa shape index (κ3) is 38.6. The van der Waals surface area contributed by atoms with Crippen LogP contribution in [0.15, 0.2) is 85.4 Å². The maximum absolute atomic E-state index is 12.4. The van der Waals surface area contributed by atoms with Gasteiger partial charge in [-0.2, -0.15) is 14.9 Å². The van der Waals surface area contributed by atoms with Gasteiger partial charge in [0.1, 0.15) is 25.8 Å². The van der Waals surface area contributed by atoms with Crippen LogP contribution >= 0.6 is 54.5 Å². The Morgan fingerprint density at radius 3 is 1.27 bits per heavy atom. The van der Waals surface area contributed by atoms with E-state index in [1.54, 1.807) is 9.80 Å². The predicted octanol–water partition coefficient (Wildman–Crippen LogP) is 0.639. The van der Waals surface area contributed by atoms with E-state index in [2.05, 4.69) is 87.2 Å². The van der Waals surface area contributed by atoms with Crippen molar-refractivity contribution >= 4 is 132 Å². The Bertz CT molecular complexity index is 3800. The number of hydroxylamine groups is 4. The van der Waals surface area contributed by atoms with Crippen LogP contribution in [0.2, 0.25) is 0 Å². The van der Waals surface area contributed by atoms with E-state index in [1.165, 1.54) is 62.0 Å². The number of methoxy groups -OCH3 is 1. The number of ketones is 1. The number of Topliss-reactive ketones (excluding diaryl/α,β-unsaturated/α-hetero) is 1. The van der Waals surface area contributed by atoms with Gasteiger partial charge in [-0.3, -0.25) is 24.1 Å². The van der Waals surface area contributed by atoms with E-state index in [1.807, 2.05) is 60.7 Å². The van der Waals surface area contributed by atoms with Gasteiger partial charge in [0.25, 0.3) is 6.47 Å². The first kappa shape index (κ1) is 115. The number of benzene rings is 2. The molecule has 41 heteroatoms. The minimum Gasteiger partial charge on any atom is -1.00 e. The summed E-state index contributed by atoms with van der Waals surface area (Å²) < 4.78 is 25.0. The monoisotopic (exact) mass is 1800 g/mol. The standard InChI is InChI=1S/C14H16ClN3O3.C14H17N3O3.C7H12O2.2C7H10.C6H12O.2C6H10O.C5H9N2O4P.C3Cl3N3O3.CH2O3.Al.2K.Li.5H/c15-13(16-20)12-7-6-11-8-17(12)14(19)18(11)21-9-10-4-2-1-3-5-10;18-14-16-9-13(7-6-12(16)8-15-19)17(14)20-10-11-4-2-1-3-5-11;1-5-3-6(4-5)7(8)9-2;2*1-3-7-4-6(2)5-7;3*1-5-2-6(3-5)4-7;1-4(8)5(7-6)12(9,10-2)11-3;4-7-1(10)8(5)3(12)9(6)2(7)11;2-1-4-3;;;;;;;;;/h1-5,11-12,20H,6-9H2;1-5,8,12-13,19H,6-7,9-10H2;5-6H,3-4H2,1-2H3;2*1,6-7H,4-5H2,2H3;5-7H,2-4H2,1H3;2*4-6H,2-3H2,1H3;1-3H3;;1,3H;;;;;;;;;/q;;;;;;;;;;;;3*+1;;;;2*-1/p-1/b16-13-;15-8+;;;;;;;;;;;;;;;;;;/t11-,12+;12-,13+;;;;;;;;;;;;;;;;;;/m10................../s1. The molecular formula is C76H112AlCl4K2LiN11O21P. The number of aliphatic hydroxyl groups excluding tert-OH is 1. The molecule has 636 valence electrons. The molecule has 32 nitrogen and oxygen atoms in total. The zero-order valence-electron chi connectivity index (χ0n) is 70.4. The molecule has 4 aliphatic heterocycles. The van der Waals surface area contributed by atoms with Gasteiger partial charge in [-0.15, -0.1) is 36.9 Å². The Kier molecular flexibility index (Phi) is 60.8. The number of oxime groups is 2. The van der Waals surface area contributed by atoms with E-state index in [9.17, 15) is 47.7 Å². The number of nitrogens with zero attached hydrogens (tertiary/aromatic N) is 11. The maximum atomic E-state index is 12.4. The van der Waals surface area contributed by atoms with Gasteiger partial charge in [-0.25, -0.2) is 28.5 Å². The predicted molar refractivity (Wildman–Crippen MR) is 433 cm³/mol. The van der Waals surface area contributed by atoms with Crippen LogP contribution in [0.5, 0.6) is 0 Å². The molecule has 0 spiro atoms. The number of halogens is 4. The Morgan fingerprint density at radius 2 is 1.01 bits per heavy atom. The van der Waals surface area contributed by atoms with Crippen LogP contribution < -0.4 is 144 Å². The third-order valence-corrected chi connectivity index (χ3v) is 23.1. The summed E-state index contributed by atoms with van der Waals surface area (Å²) in [5.74, 6) is 12.7. The summed E-state index contributed by atoms with van der Waals surface area (Å²) in [6, 6.07) is 18.7. The summed E-state index contributed by atoms with van der Waals surface area (Å²) in [5, 5.41) is 43.4. The van der Waals surface area contributed by atoms with Crippen molar-refractivity contribution in [2.75, 3.05) is 41.0 Å². The molecule has 4 bridgehead atoms. The summed E-state index contributed by atoms with van der Waals surface area (Å²) >= 11 is 21.2. The van der Waals surface area contributed by atoms with Gasteiger partial charge >= 0.3 is 170 Å². The number of fused-ring (bicyclic) bond motifs is 4. The second kappa shape index (κ2) is 61.6. The number of aliphatic hydroxyl groups is 1. The first-order valence-electron chi connectivity index (χ1n) is 37.0. The van der Waals surface area contributed by atoms with Crippen molar-refractivity contribution in [1.82, 2.24) is 32.2 Å². The number of rotatable bonds is 17. The molecule has 6 aliphatic carbocycles. The molecule has 5 heterocycles. The van der Waals surface area contributed by atoms with E-state index in [0.717, 1.165) is 138 Å². The number of urea groups is 2. The van der Waals surface area contributed by atoms with Crippen LogP contribution in [0.4, 0.5) is 9.59 Å². The van der Waals surface area contributed by atoms with E-state index in [4.69, 9.17) is 101 Å². The minimum absolute atomic E-state index is 0. The van der Waals surface area contributed by atoms with Gasteiger partial charge in [0, 0.05) is 99.8 Å². The molecule has 6 saturated carbocycles. The molecule has 1 aromatic heterocycles. The topological polar surface area (TPSA) is 416 Å². The Labute approximate surface area is 815 Å². The average molecular weight is 1800 g/mol. The summed E-state index contributed by atoms with van der Waals surface area (Å²) in [5.41, 5.74) is 6.28. The molecule has 0 radical (unpaired) electrons. The van der Waals surface area contributed by atoms with Gasteiger partial charge in [0.15, 0.2) is 22.5 Å². The van der Waals surface area contributed by atoms with Crippen molar-refractivity contribution in [2.24, 2.45) is 81.3 Å². The number of esters is 1. The number of hydrogen-bond acceptors (Lipinski definition) is 23. The van der Waals surface area contributed by atoms with Gasteiger partial charge in [-0.1, -0.05) is 124 Å². The summed E-state index contributed by atoms with van der Waals surface area (Å²) in [6.45, 7) is 16.5. The quantitative estimate of drug-likeness (QED) is 0.0143. The maximum Gasteiger partial charge on any atom is 1.00 e. The van der Waals surface area contributed by atoms with Crippen LogP contribution in [-0.2, 0) is 70.1 Å². The van der Waals surface area contributed by atoms with Crippen LogP contribution in [-0.4, -0.2) is 195 Å². The second-order valence-electron chi connectivity index (χ2n) is 29.2. The fourth-order valence-electron chi connectivity index (χ4n) is 13.4. The number of ether oxygens (including phenoxy) is 1. The van der Waals surface area contributed by atoms with Crippen molar-refractivity contribution in [2.45, 2.75) is 189 Å². The number of aldehydes is 2. The Hall–Kier alpha value is -3.67. The number of carbonyl (C=O) groups excluding carboxylic acids is 7. The summed E-state index contributed by atoms with van der Waals surface area (Å²) in [4.78, 5) is 127. The first-order chi connectivity index (χ1) is 53.8. The SMILES string of the molecule is C#CC1CC(C)C1.C#CC1CC(C)C1.CC1CC(C=O)C1.CC1CC(C=O)C1.CC1CC(CO)C1.COC(=O)C1CC(C)C1.COP(=O)(OC)C(=[N+]=[N-])C(C)=O.O=C1N2C[C@@H](CC[C@H]2/C(Cl)=N/O)N1OCc1ccccc1.O=C1N2C[C@@H](CC[C@H]2/C=N/O)N1OCc1ccccc1.O=CO[O-].O=c1n(Cl)c(=O)n(Cl)c(=O)n1Cl.[AlH3].[H-].[H-].[K+].[K+].[Li+]. The van der Waals surface area contributed by atoms with Crippen LogP contribution in [0.25, 0.3) is 5.53 Å². The number of piperidine rings is 2. The molecule has 4 atom stereocenters. The summed E-state index contributed by atoms with van der Waals surface area (Å²) in [7, 11) is -0.0560. The number of carbonyl (C=O) groups is 7. The average Bonchev–Trinajstić information content (AvgIpc) is 1.64. The van der Waals surface area contributed by atoms with E-state index < -0.39 is 35.9 Å². The molecule has 4 saturated heterocycles. The number of terminal acetylenes is 2. The van der Waals surface area contributed by atoms with Crippen LogP contribution in [0.3, 0.4) is 0 Å². The molecular weight excluding hydrogens is 1690 g/mol. The molecule has 0 unspecified atom stereocenters. The van der Waals surface area contributed by atoms with Crippen molar-refractivity contribution in [3.63, 3.8) is 0 Å². The molecule has 2 aromatic carbocycles. The molecule has 3 aromatic rings. The zero-order valence-corrected chi connectivity index (χ0v) is 78.6. The molecule has 3 N–H and O–H groups in total. The van der Waals surface area contributed by atoms with Crippen molar-refractivity contribution in [3.8, 4) is 24.7 Å². The Morgan fingerprint density at radius 1 is 0.641 bits per heavy atom. The van der Waals surface area contributed by atoms with E-state index in [-0.39, 0.29) is 214 Å². The fourth-order valence-corrected chi connectivity index (χ4v) is 15.1. The first-order valence-corrected chi connectivity index (χ1v) is 40.0. The molecule has 13 rings (SSSR count). The van der Waals surface area contributed by atoms with Gasteiger partial charge in [0.05, 0.1) is 43.4 Å². The van der Waals surface area contributed by atoms with Crippen molar-refractivity contribution in [1.29, 1.82) is 0 Å². The number of hydrogen-bond donors (Lipinski definition) is 3. The van der Waals surface area contributed by atoms with E-state index >= 15 is 0 Å². The number of aromatic nitrogens is 3. The van der Waals surface area contributed by atoms with Gasteiger partial charge in [-0.05, 0) is 155 Å². The van der Waals surface area contributed by atoms with Crippen molar-refractivity contribution < 1.29 is 217 Å². The zero-order chi connectivity index (χ0) is 84.7. The van der Waals surface area contributed by atoms with E-state index in [0.29, 0.717) is 68.9 Å². The van der Waals surface area contributed by atoms with Gasteiger partial charge < -0.3 is 67.2 Å². The molecule has 10 aliphatic rings. The second-order valence-corrected chi connectivity index (χ2v) is 32.8. The molecule has 10 fully saturated rings. The molecule has 117 heavy (non-hydrogen) atoms. The summed E-state index contributed by atoms with van der Waals surface area (Å²) in [6.07, 6.45) is 31.0. The van der Waals surface area contributed by atoms with Crippen LogP contribution in [0, 0.1) is 95.7 Å². The largest absolute Gasteiger partial charge is 1.00 e. The minimum atomic E-state index is -3.70. The van der Waals surface area contributed by atoms with Crippen LogP contribution in [0.1, 0.15) is 165 Å². The smallest absolute Gasteiger partial charge is 1.00 e. The molecule has 4 amide bonds. The van der Waals surface area contributed by atoms with Gasteiger partial charge in [0.2, 0.25) is 5.78 Å². The fraction of sp³-hybridized carbons (Fsp3) is 0.618. The van der Waals surface area contributed by atoms with Crippen molar-refractivity contribution in [3.05, 3.63) is 109 Å². The number of amides is 4. The Balaban J connectivity index is -0.000000628. The third-order valence-electron chi connectivity index (χ3n) is 20.0.